The third-order valence-corrected chi connectivity index (χ3v) is 22.6. The fourth-order valence-electron chi connectivity index (χ4n) is 16.8. The predicted octanol–water partition coefficient (Wildman–Crippen LogP) is 19.1. The van der Waals surface area contributed by atoms with Gasteiger partial charge in [0.2, 0.25) is 0 Å². The van der Waals surface area contributed by atoms with Crippen LogP contribution in [-0.2, 0) is 19.3 Å². The lowest BCUT2D eigenvalue weighted by atomic mass is 9.35. The Morgan fingerprint density at radius 3 is 1.07 bits per heavy atom. The molecule has 92 heavy (non-hydrogen) atoms. The number of benzene rings is 11. The molecule has 6 nitrogen and oxygen atoms in total. The molecular formula is C82H65B2IN6S. The van der Waals surface area contributed by atoms with Gasteiger partial charge in [-0.1, -0.05) is 167 Å². The lowest BCUT2D eigenvalue weighted by Gasteiger charge is -2.49. The summed E-state index contributed by atoms with van der Waals surface area (Å²) in [5, 5.41) is 5.03. The Balaban J connectivity index is 0.928. The maximum Gasteiger partial charge on any atom is 0.264 e. The maximum atomic E-state index is 2.73. The average molecular weight is 1320 g/mol. The Bertz CT molecular complexity index is 5290. The highest BCUT2D eigenvalue weighted by Gasteiger charge is 2.54. The molecule has 0 atom stereocenters. The zero-order valence-corrected chi connectivity index (χ0v) is 54.9. The van der Waals surface area contributed by atoms with E-state index in [0.717, 1.165) is 69.2 Å². The molecule has 442 valence electrons. The number of aromatic nitrogens is 2. The molecule has 19 rings (SSSR count). The summed E-state index contributed by atoms with van der Waals surface area (Å²) in [5.41, 5.74) is 31.5. The zero-order valence-electron chi connectivity index (χ0n) is 51.9. The number of hydrogen-bond acceptors (Lipinski definition) is 5. The maximum absolute atomic E-state index is 2.73. The van der Waals surface area contributed by atoms with Crippen molar-refractivity contribution in [1.82, 2.24) is 9.13 Å². The molecule has 0 fully saturated rings. The van der Waals surface area contributed by atoms with Crippen molar-refractivity contribution < 1.29 is 0 Å². The summed E-state index contributed by atoms with van der Waals surface area (Å²) in [7, 11) is 0. The van der Waals surface area contributed by atoms with Gasteiger partial charge in [0.25, 0.3) is 13.4 Å². The number of nitrogens with zero attached hydrogens (tertiary/aromatic N) is 6. The zero-order chi connectivity index (χ0) is 61.0. The Labute approximate surface area is 555 Å². The molecule has 0 saturated carbocycles. The van der Waals surface area contributed by atoms with Crippen LogP contribution in [0.4, 0.5) is 68.2 Å². The first-order chi connectivity index (χ1) is 45.5. The van der Waals surface area contributed by atoms with Crippen molar-refractivity contribution in [1.29, 1.82) is 0 Å². The van der Waals surface area contributed by atoms with E-state index in [-0.39, 0.29) is 13.4 Å². The van der Waals surface area contributed by atoms with Gasteiger partial charge in [0.05, 0.1) is 56.2 Å². The van der Waals surface area contributed by atoms with E-state index in [1.165, 1.54) is 164 Å². The molecule has 10 heteroatoms. The summed E-state index contributed by atoms with van der Waals surface area (Å²) in [6.07, 6.45) is 10.1. The number of aryl methyl sites for hydroxylation is 3. The molecule has 0 amide bonds. The summed E-state index contributed by atoms with van der Waals surface area (Å²) in [6.45, 7) is 6.83. The molecule has 3 aromatic heterocycles. The number of unbranched alkanes of at least 4 members (excludes halogenated alkanes) is 3. The number of rotatable bonds is 13. The first kappa shape index (κ1) is 54.5. The molecule has 0 radical (unpaired) electrons. The molecule has 8 heterocycles. The second kappa shape index (κ2) is 21.2. The Hall–Kier alpha value is -9.22. The standard InChI is InChI=1S/C82H65B2IN6S/c1-4-7-24-51-41-52(25-8-5-2)44-55(43-51)88-69-37-20-14-31-63(69)83-77-73(88)47-57(86-65-33-16-10-27-59(65)60-28-11-17-34-66(60)86)49-75(77)90-71-39-22-23-40-72(71)91-76-50-58(87-67-35-18-12-29-61(67)62-30-13-19-36-68(62)87)48-74-78(76)84(82-80(91)79(90)81(83)92-82)64-32-15-21-38-70(64)89(74)56-45-53(26-9-6-3)42-54(85)46-56/h10-23,27-50H,4-9,24-26H2,1-3H3. The van der Waals surface area contributed by atoms with Gasteiger partial charge in [-0.2, -0.15) is 11.3 Å². The van der Waals surface area contributed by atoms with Crippen LogP contribution in [0.2, 0.25) is 0 Å². The number of thiophene rings is 1. The fraction of sp³-hybridized carbons (Fsp3) is 0.146. The first-order valence-corrected chi connectivity index (χ1v) is 35.2. The lowest BCUT2D eigenvalue weighted by molar-refractivity contribution is 0.780. The molecule has 0 unspecified atom stereocenters. The van der Waals surface area contributed by atoms with E-state index in [9.17, 15) is 0 Å². The van der Waals surface area contributed by atoms with E-state index >= 15 is 0 Å². The normalized spacial score (nSPS) is 13.7. The quantitative estimate of drug-likeness (QED) is 0.0848. The van der Waals surface area contributed by atoms with Gasteiger partial charge in [-0.15, -0.1) is 0 Å². The van der Waals surface area contributed by atoms with Crippen LogP contribution >= 0.6 is 33.9 Å². The van der Waals surface area contributed by atoms with Gasteiger partial charge >= 0.3 is 0 Å². The third kappa shape index (κ3) is 7.86. The van der Waals surface area contributed by atoms with Gasteiger partial charge in [0.15, 0.2) is 0 Å². The van der Waals surface area contributed by atoms with E-state index in [4.69, 9.17) is 0 Å². The summed E-state index contributed by atoms with van der Waals surface area (Å²) >= 11 is 4.64. The Morgan fingerprint density at radius 2 is 0.663 bits per heavy atom. The van der Waals surface area contributed by atoms with Crippen LogP contribution in [-0.4, -0.2) is 22.6 Å². The van der Waals surface area contributed by atoms with Crippen LogP contribution in [0.25, 0.3) is 55.0 Å². The van der Waals surface area contributed by atoms with Crippen molar-refractivity contribution in [3.8, 4) is 11.4 Å². The topological polar surface area (TPSA) is 22.8 Å². The first-order valence-electron chi connectivity index (χ1n) is 33.4. The van der Waals surface area contributed by atoms with Crippen LogP contribution in [0.3, 0.4) is 0 Å². The number of halogens is 1. The van der Waals surface area contributed by atoms with E-state index in [0.29, 0.717) is 0 Å². The molecule has 5 aliphatic rings. The molecule has 0 N–H and O–H groups in total. The van der Waals surface area contributed by atoms with Crippen molar-refractivity contribution in [2.24, 2.45) is 0 Å². The van der Waals surface area contributed by atoms with Crippen LogP contribution in [0, 0.1) is 3.57 Å². The van der Waals surface area contributed by atoms with Crippen LogP contribution in [0.5, 0.6) is 0 Å². The minimum absolute atomic E-state index is 0.0598. The monoisotopic (exact) mass is 1310 g/mol. The predicted molar refractivity (Wildman–Crippen MR) is 403 cm³/mol. The summed E-state index contributed by atoms with van der Waals surface area (Å²) in [6, 6.07) is 89.4. The van der Waals surface area contributed by atoms with Crippen molar-refractivity contribution in [2.75, 3.05) is 19.6 Å². The molecule has 5 aliphatic heterocycles. The second-order valence-corrected chi connectivity index (χ2v) is 28.3. The van der Waals surface area contributed by atoms with Gasteiger partial charge < -0.3 is 28.7 Å². The number of fused-ring (bicyclic) bond motifs is 17. The van der Waals surface area contributed by atoms with Crippen LogP contribution < -0.4 is 51.0 Å². The van der Waals surface area contributed by atoms with Crippen molar-refractivity contribution >= 4 is 191 Å². The van der Waals surface area contributed by atoms with E-state index < -0.39 is 0 Å². The van der Waals surface area contributed by atoms with Crippen molar-refractivity contribution in [3.05, 3.63) is 251 Å². The second-order valence-electron chi connectivity index (χ2n) is 26.0. The highest BCUT2D eigenvalue weighted by atomic mass is 127. The molecule has 0 saturated heterocycles. The van der Waals surface area contributed by atoms with E-state index in [2.05, 4.69) is 314 Å². The number of para-hydroxylation sites is 8. The smallest absolute Gasteiger partial charge is 0.264 e. The average Bonchev–Trinajstić information content (AvgIpc) is 1.35. The minimum Gasteiger partial charge on any atom is -0.311 e. The minimum atomic E-state index is -0.0607. The SMILES string of the molecule is CCCCc1cc(I)cc(N2c3ccccc3B3c4sc5c6c4N(c4ccccc4N6c4cc(-n6c7ccccc7c7ccccc76)cc6c4B5c4ccccc4N6c4cc(CCCC)cc(CCCC)c4)c4cc(-n5c6ccccc6c6ccccc65)cc2c43)c1. The van der Waals surface area contributed by atoms with Crippen LogP contribution in [0.15, 0.2) is 231 Å². The molecule has 0 aliphatic carbocycles. The van der Waals surface area contributed by atoms with Gasteiger partial charge in [-0.05, 0) is 203 Å². The highest BCUT2D eigenvalue weighted by Crippen LogP contribution is 2.59. The van der Waals surface area contributed by atoms with Gasteiger partial charge in [-0.3, -0.25) is 0 Å². The summed E-state index contributed by atoms with van der Waals surface area (Å²) in [5.74, 6) is 0. The highest BCUT2D eigenvalue weighted by molar-refractivity contribution is 14.1. The number of anilines is 12. The van der Waals surface area contributed by atoms with Crippen molar-refractivity contribution in [2.45, 2.75) is 78.6 Å². The van der Waals surface area contributed by atoms with Crippen LogP contribution in [0.1, 0.15) is 76.0 Å². The molecule has 0 bridgehead atoms. The van der Waals surface area contributed by atoms with E-state index in [1.807, 2.05) is 0 Å². The Kier molecular flexibility index (Phi) is 12.5. The lowest BCUT2D eigenvalue weighted by Crippen LogP contribution is -2.61. The molecule has 11 aromatic carbocycles. The molecular weight excluding hydrogens is 1250 g/mol. The summed E-state index contributed by atoms with van der Waals surface area (Å²) in [4.78, 5) is 10.8. The van der Waals surface area contributed by atoms with E-state index in [1.54, 1.807) is 0 Å². The van der Waals surface area contributed by atoms with Crippen molar-refractivity contribution in [3.63, 3.8) is 0 Å². The largest absolute Gasteiger partial charge is 0.311 e. The van der Waals surface area contributed by atoms with Gasteiger partial charge in [-0.25, -0.2) is 0 Å². The van der Waals surface area contributed by atoms with Gasteiger partial charge in [0, 0.05) is 80.2 Å². The molecule has 14 aromatic rings. The summed E-state index contributed by atoms with van der Waals surface area (Å²) < 4.78 is 9.15. The van der Waals surface area contributed by atoms with Gasteiger partial charge in [0.1, 0.15) is 0 Å². The number of hydrogen-bond donors (Lipinski definition) is 0. The fourth-order valence-corrected chi connectivity index (χ4v) is 19.1. The molecule has 0 spiro atoms. The Morgan fingerprint density at radius 1 is 0.326 bits per heavy atom. The third-order valence-electron chi connectivity index (χ3n) is 20.6.